The van der Waals surface area contributed by atoms with Gasteiger partial charge >= 0.3 is 21.6 Å². The summed E-state index contributed by atoms with van der Waals surface area (Å²) in [7, 11) is -7.09. The van der Waals surface area contributed by atoms with Crippen molar-refractivity contribution in [2.45, 2.75) is 64.0 Å². The van der Waals surface area contributed by atoms with Gasteiger partial charge in [-0.1, -0.05) is 35.6 Å². The zero-order valence-electron chi connectivity index (χ0n) is 21.6. The number of carbonyl (C=O) groups excluding carboxylic acids is 1. The third-order valence-electron chi connectivity index (χ3n) is 4.89. The Morgan fingerprint density at radius 3 is 2.05 bits per heavy atom. The summed E-state index contributed by atoms with van der Waals surface area (Å²) in [5.74, 6) is -0.901. The number of halogens is 4. The first kappa shape index (κ1) is 31.0. The molecule has 2 aromatic rings. The number of rotatable bonds is 9. The Morgan fingerprint density at radius 2 is 1.59 bits per heavy atom. The minimum Gasteiger partial charge on any atom is -0.497 e. The van der Waals surface area contributed by atoms with Crippen molar-refractivity contribution in [3.8, 4) is 11.5 Å². The summed E-state index contributed by atoms with van der Waals surface area (Å²) < 4.78 is 79.7. The fourth-order valence-corrected chi connectivity index (χ4v) is 6.02. The van der Waals surface area contributed by atoms with Crippen LogP contribution in [0.5, 0.6) is 11.5 Å². The van der Waals surface area contributed by atoms with Crippen molar-refractivity contribution in [2.24, 2.45) is 0 Å². The standard InChI is InChI=1S/C24H31BrF3NO6SSi/c1-23(2,3)34-22(30)18(29-17-10-8-16(25)9-11-17)12-15-13-19(33-4)21(37(5,6)7)20(14-15)35-36(31,32)24(26,27)28/h8-11,13-14,18,29H,12H2,1-7H3. The van der Waals surface area contributed by atoms with Crippen molar-refractivity contribution < 1.29 is 40.0 Å². The van der Waals surface area contributed by atoms with Crippen LogP contribution < -0.4 is 19.4 Å². The van der Waals surface area contributed by atoms with Crippen molar-refractivity contribution in [2.75, 3.05) is 12.4 Å². The van der Waals surface area contributed by atoms with Gasteiger partial charge in [-0.3, -0.25) is 0 Å². The monoisotopic (exact) mass is 625 g/mol. The van der Waals surface area contributed by atoms with Crippen molar-refractivity contribution >= 4 is 51.0 Å². The van der Waals surface area contributed by atoms with E-state index in [9.17, 15) is 26.4 Å². The molecule has 0 spiro atoms. The predicted molar refractivity (Wildman–Crippen MR) is 143 cm³/mol. The number of ether oxygens (including phenoxy) is 2. The number of hydrogen-bond acceptors (Lipinski definition) is 7. The normalized spacial score (nSPS) is 13.6. The minimum atomic E-state index is -5.94. The molecule has 0 radical (unpaired) electrons. The Morgan fingerprint density at radius 1 is 1.05 bits per heavy atom. The van der Waals surface area contributed by atoms with Crippen LogP contribution in [0, 0.1) is 0 Å². The summed E-state index contributed by atoms with van der Waals surface area (Å²) in [5.41, 5.74) is -5.51. The summed E-state index contributed by atoms with van der Waals surface area (Å²) in [5, 5.41) is 3.35. The third-order valence-corrected chi connectivity index (χ3v) is 8.38. The number of anilines is 1. The lowest BCUT2D eigenvalue weighted by atomic mass is 10.0. The van der Waals surface area contributed by atoms with E-state index in [-0.39, 0.29) is 17.4 Å². The van der Waals surface area contributed by atoms with Gasteiger partial charge in [0, 0.05) is 21.8 Å². The van der Waals surface area contributed by atoms with Crippen LogP contribution in [0.1, 0.15) is 26.3 Å². The molecule has 0 saturated heterocycles. The van der Waals surface area contributed by atoms with Crippen LogP contribution >= 0.6 is 15.9 Å². The summed E-state index contributed by atoms with van der Waals surface area (Å²) >= 11 is 3.35. The minimum absolute atomic E-state index is 0.0598. The Labute approximate surface area is 224 Å². The highest BCUT2D eigenvalue weighted by molar-refractivity contribution is 9.10. The van der Waals surface area contributed by atoms with Crippen LogP contribution in [-0.4, -0.2) is 46.7 Å². The number of esters is 1. The van der Waals surface area contributed by atoms with E-state index in [1.54, 1.807) is 51.1 Å². The molecular formula is C24H31BrF3NO6SSi. The molecule has 0 bridgehead atoms. The summed E-state index contributed by atoms with van der Waals surface area (Å²) in [6, 6.07) is 8.83. The van der Waals surface area contributed by atoms with Crippen LogP contribution in [0.3, 0.4) is 0 Å². The molecule has 1 N–H and O–H groups in total. The van der Waals surface area contributed by atoms with E-state index in [0.717, 1.165) is 4.47 Å². The highest BCUT2D eigenvalue weighted by Crippen LogP contribution is 2.32. The topological polar surface area (TPSA) is 90.9 Å². The van der Waals surface area contributed by atoms with Crippen LogP contribution in [0.4, 0.5) is 18.9 Å². The van der Waals surface area contributed by atoms with Gasteiger partial charge in [-0.25, -0.2) is 4.79 Å². The van der Waals surface area contributed by atoms with E-state index < -0.39 is 47.1 Å². The first-order chi connectivity index (χ1) is 16.7. The van der Waals surface area contributed by atoms with Gasteiger partial charge in [0.05, 0.1) is 15.2 Å². The fourth-order valence-electron chi connectivity index (χ4n) is 3.44. The fraction of sp³-hybridized carbons (Fsp3) is 0.458. The summed E-state index contributed by atoms with van der Waals surface area (Å²) in [6.45, 7) is 10.6. The van der Waals surface area contributed by atoms with Crippen molar-refractivity contribution in [1.29, 1.82) is 0 Å². The average molecular weight is 627 g/mol. The molecule has 0 aliphatic rings. The van der Waals surface area contributed by atoms with Gasteiger partial charge in [-0.2, -0.15) is 21.6 Å². The Hall–Kier alpha value is -2.25. The van der Waals surface area contributed by atoms with E-state index in [4.69, 9.17) is 9.47 Å². The molecule has 0 aromatic heterocycles. The molecule has 1 unspecified atom stereocenters. The average Bonchev–Trinajstić information content (AvgIpc) is 2.71. The molecule has 13 heteroatoms. The van der Waals surface area contributed by atoms with Gasteiger partial charge in [-0.15, -0.1) is 0 Å². The molecule has 0 heterocycles. The molecule has 2 aromatic carbocycles. The van der Waals surface area contributed by atoms with Gasteiger partial charge in [0.2, 0.25) is 0 Å². The maximum absolute atomic E-state index is 13.2. The maximum atomic E-state index is 13.2. The number of hydrogen-bond donors (Lipinski definition) is 1. The molecular weight excluding hydrogens is 595 g/mol. The van der Waals surface area contributed by atoms with E-state index in [2.05, 4.69) is 25.4 Å². The van der Waals surface area contributed by atoms with E-state index in [1.165, 1.54) is 13.2 Å². The third kappa shape index (κ3) is 8.64. The van der Waals surface area contributed by atoms with Crippen LogP contribution in [0.2, 0.25) is 19.6 Å². The number of nitrogens with one attached hydrogen (secondary N) is 1. The van der Waals surface area contributed by atoms with Gasteiger partial charge in [0.1, 0.15) is 23.1 Å². The van der Waals surface area contributed by atoms with Crippen LogP contribution in [0.15, 0.2) is 40.9 Å². The molecule has 0 fully saturated rings. The van der Waals surface area contributed by atoms with Crippen molar-refractivity contribution in [3.63, 3.8) is 0 Å². The summed E-state index contributed by atoms with van der Waals surface area (Å²) in [6.07, 6.45) is -0.0598. The Balaban J connectivity index is 2.61. The number of alkyl halides is 3. The van der Waals surface area contributed by atoms with Crippen molar-refractivity contribution in [1.82, 2.24) is 0 Å². The smallest absolute Gasteiger partial charge is 0.497 e. The second kappa shape index (κ2) is 11.2. The molecule has 37 heavy (non-hydrogen) atoms. The molecule has 0 aliphatic carbocycles. The zero-order chi connectivity index (χ0) is 28.4. The zero-order valence-corrected chi connectivity index (χ0v) is 25.0. The molecule has 206 valence electrons. The molecule has 0 aliphatic heterocycles. The van der Waals surface area contributed by atoms with Gasteiger partial charge in [0.25, 0.3) is 0 Å². The number of carbonyl (C=O) groups is 1. The van der Waals surface area contributed by atoms with Crippen molar-refractivity contribution in [3.05, 3.63) is 46.4 Å². The Kier molecular flexibility index (Phi) is 9.41. The number of methoxy groups -OCH3 is 1. The lowest BCUT2D eigenvalue weighted by Crippen LogP contribution is -2.42. The van der Waals surface area contributed by atoms with E-state index in [0.29, 0.717) is 11.3 Å². The molecule has 7 nitrogen and oxygen atoms in total. The lowest BCUT2D eigenvalue weighted by Gasteiger charge is -2.27. The highest BCUT2D eigenvalue weighted by atomic mass is 79.9. The second-order valence-electron chi connectivity index (χ2n) is 10.3. The summed E-state index contributed by atoms with van der Waals surface area (Å²) in [4.78, 5) is 13.1. The molecule has 2 rings (SSSR count). The van der Waals surface area contributed by atoms with Crippen LogP contribution in [-0.2, 0) is 26.1 Å². The lowest BCUT2D eigenvalue weighted by molar-refractivity contribution is -0.155. The molecule has 1 atom stereocenters. The van der Waals surface area contributed by atoms with Gasteiger partial charge < -0.3 is 19.0 Å². The first-order valence-electron chi connectivity index (χ1n) is 11.2. The second-order valence-corrected chi connectivity index (χ2v) is 17.8. The predicted octanol–water partition coefficient (Wildman–Crippen LogP) is 5.60. The van der Waals surface area contributed by atoms with E-state index in [1.807, 2.05) is 19.6 Å². The molecule has 0 amide bonds. The van der Waals surface area contributed by atoms with E-state index >= 15 is 0 Å². The number of benzene rings is 2. The highest BCUT2D eigenvalue weighted by Gasteiger charge is 2.49. The Bertz CT molecular complexity index is 1220. The van der Waals surface area contributed by atoms with Gasteiger partial charge in [0.15, 0.2) is 0 Å². The maximum Gasteiger partial charge on any atom is 0.534 e. The SMILES string of the molecule is COc1cc(CC(Nc2ccc(Br)cc2)C(=O)OC(C)(C)C)cc(OS(=O)(=O)C(F)(F)F)c1[Si](C)(C)C. The quantitative estimate of drug-likeness (QED) is 0.168. The van der Waals surface area contributed by atoms with Gasteiger partial charge in [-0.05, 0) is 62.7 Å². The molecule has 0 saturated carbocycles. The van der Waals surface area contributed by atoms with Crippen LogP contribution in [0.25, 0.3) is 0 Å². The first-order valence-corrected chi connectivity index (χ1v) is 16.9. The largest absolute Gasteiger partial charge is 0.534 e.